The summed E-state index contributed by atoms with van der Waals surface area (Å²) >= 11 is 0. The Hall–Kier alpha value is -3.28. The molecule has 3 fully saturated rings. The highest BCUT2D eigenvalue weighted by Gasteiger charge is 2.53. The molecule has 2 aromatic rings. The molecule has 3 aliphatic rings. The number of aromatic nitrogens is 2. The van der Waals surface area contributed by atoms with Gasteiger partial charge in [0.15, 0.2) is 0 Å². The zero-order valence-electron chi connectivity index (χ0n) is 21.5. The third kappa shape index (κ3) is 5.53. The molecule has 2 atom stereocenters. The number of piperazine rings is 1. The van der Waals surface area contributed by atoms with E-state index in [1.807, 2.05) is 24.3 Å². The fourth-order valence-electron chi connectivity index (χ4n) is 5.33. The quantitative estimate of drug-likeness (QED) is 0.501. The number of piperidine rings is 1. The number of anilines is 1. The zero-order chi connectivity index (χ0) is 26.3. The van der Waals surface area contributed by atoms with E-state index in [-0.39, 0.29) is 17.8 Å². The molecule has 1 aromatic carbocycles. The van der Waals surface area contributed by atoms with E-state index in [9.17, 15) is 14.4 Å². The molecule has 0 bridgehead atoms. The molecule has 3 heterocycles. The topological polar surface area (TPSA) is 143 Å². The van der Waals surface area contributed by atoms with E-state index in [1.54, 1.807) is 35.9 Å². The van der Waals surface area contributed by atoms with Crippen molar-refractivity contribution in [3.05, 3.63) is 52.6 Å². The van der Waals surface area contributed by atoms with Crippen molar-refractivity contribution in [3.63, 3.8) is 0 Å². The Morgan fingerprint density at radius 2 is 1.65 bits per heavy atom. The van der Waals surface area contributed by atoms with Crippen molar-refractivity contribution in [1.29, 1.82) is 0 Å². The van der Waals surface area contributed by atoms with Crippen molar-refractivity contribution in [1.82, 2.24) is 24.3 Å². The smallest absolute Gasteiger partial charge is 0.338 e. The SMILES string of the molecule is CC(C)(N)C(=O)N1CCN(C(=O)Nc2ccn(-c3ccc(CCN4CC5C(N)C5C4)cc3)c(=O)n2)CC1. The molecule has 2 unspecified atom stereocenters. The third-order valence-corrected chi connectivity index (χ3v) is 7.71. The molecule has 11 nitrogen and oxygen atoms in total. The van der Waals surface area contributed by atoms with Crippen LogP contribution in [-0.4, -0.2) is 93.6 Å². The lowest BCUT2D eigenvalue weighted by Gasteiger charge is -2.37. The first-order valence-electron chi connectivity index (χ1n) is 12.9. The van der Waals surface area contributed by atoms with Gasteiger partial charge in [0.05, 0.1) is 11.2 Å². The molecule has 198 valence electrons. The Morgan fingerprint density at radius 1 is 1.03 bits per heavy atom. The van der Waals surface area contributed by atoms with Crippen LogP contribution in [0.15, 0.2) is 41.3 Å². The maximum absolute atomic E-state index is 12.7. The van der Waals surface area contributed by atoms with Crippen LogP contribution in [0.5, 0.6) is 0 Å². The number of carbonyl (C=O) groups excluding carboxylic acids is 2. The predicted octanol–water partition coefficient (Wildman–Crippen LogP) is 0.0773. The summed E-state index contributed by atoms with van der Waals surface area (Å²) in [6.07, 6.45) is 2.57. The molecule has 0 spiro atoms. The van der Waals surface area contributed by atoms with E-state index in [2.05, 4.69) is 15.2 Å². The number of hydrogen-bond donors (Lipinski definition) is 3. The zero-order valence-corrected chi connectivity index (χ0v) is 21.5. The average Bonchev–Trinajstić information content (AvgIpc) is 3.25. The van der Waals surface area contributed by atoms with Crippen LogP contribution in [0.1, 0.15) is 19.4 Å². The molecule has 2 aliphatic heterocycles. The Labute approximate surface area is 216 Å². The minimum Gasteiger partial charge on any atom is -0.338 e. The van der Waals surface area contributed by atoms with Crippen LogP contribution < -0.4 is 22.5 Å². The van der Waals surface area contributed by atoms with Crippen molar-refractivity contribution < 1.29 is 9.59 Å². The van der Waals surface area contributed by atoms with Crippen molar-refractivity contribution in [2.75, 3.05) is 51.1 Å². The van der Waals surface area contributed by atoms with Crippen LogP contribution in [0.4, 0.5) is 10.6 Å². The summed E-state index contributed by atoms with van der Waals surface area (Å²) in [6.45, 7) is 8.15. The molecule has 0 radical (unpaired) electrons. The third-order valence-electron chi connectivity index (χ3n) is 7.71. The van der Waals surface area contributed by atoms with Crippen LogP contribution in [0.2, 0.25) is 0 Å². The van der Waals surface area contributed by atoms with Gasteiger partial charge >= 0.3 is 11.7 Å². The second-order valence-electron chi connectivity index (χ2n) is 11.0. The van der Waals surface area contributed by atoms with Crippen LogP contribution in [0, 0.1) is 11.8 Å². The number of nitrogens with zero attached hydrogens (tertiary/aromatic N) is 5. The number of nitrogens with one attached hydrogen (secondary N) is 1. The first-order valence-corrected chi connectivity index (χ1v) is 12.9. The summed E-state index contributed by atoms with van der Waals surface area (Å²) in [5.74, 6) is 1.44. The number of rotatable bonds is 6. The van der Waals surface area contributed by atoms with Gasteiger partial charge in [-0.15, -0.1) is 0 Å². The van der Waals surface area contributed by atoms with Crippen molar-refractivity contribution in [2.45, 2.75) is 31.8 Å². The number of hydrogen-bond acceptors (Lipinski definition) is 7. The second kappa shape index (κ2) is 9.88. The van der Waals surface area contributed by atoms with Crippen LogP contribution in [-0.2, 0) is 11.2 Å². The van der Waals surface area contributed by atoms with E-state index < -0.39 is 11.2 Å². The molecule has 1 saturated carbocycles. The van der Waals surface area contributed by atoms with Gasteiger partial charge in [-0.3, -0.25) is 14.7 Å². The molecule has 5 N–H and O–H groups in total. The molecule has 11 heteroatoms. The number of nitrogens with two attached hydrogens (primary N) is 2. The van der Waals surface area contributed by atoms with Gasteiger partial charge in [-0.1, -0.05) is 12.1 Å². The highest BCUT2D eigenvalue weighted by molar-refractivity contribution is 5.89. The normalized spacial score (nSPS) is 23.6. The van der Waals surface area contributed by atoms with E-state index in [0.717, 1.165) is 31.7 Å². The lowest BCUT2D eigenvalue weighted by atomic mass is 10.1. The predicted molar refractivity (Wildman–Crippen MR) is 140 cm³/mol. The van der Waals surface area contributed by atoms with Gasteiger partial charge in [-0.2, -0.15) is 4.98 Å². The maximum Gasteiger partial charge on any atom is 0.354 e. The van der Waals surface area contributed by atoms with Crippen LogP contribution >= 0.6 is 0 Å². The standard InChI is InChI=1S/C26H36N8O3/c1-26(2,28)23(35)32-11-13-33(14-12-32)24(36)29-21-8-10-34(25(37)30-21)18-5-3-17(4-6-18)7-9-31-15-19-20(16-31)22(19)27/h3-6,8,10,19-20,22H,7,9,11-16,27-28H2,1-2H3,(H,29,30,36,37). The largest absolute Gasteiger partial charge is 0.354 e. The molecular formula is C26H36N8O3. The van der Waals surface area contributed by atoms with Gasteiger partial charge in [0.1, 0.15) is 5.82 Å². The van der Waals surface area contributed by atoms with Crippen molar-refractivity contribution in [2.24, 2.45) is 23.3 Å². The summed E-state index contributed by atoms with van der Waals surface area (Å²) in [6, 6.07) is 9.57. The van der Waals surface area contributed by atoms with E-state index in [0.29, 0.717) is 44.1 Å². The number of amides is 3. The van der Waals surface area contributed by atoms with Gasteiger partial charge in [0.25, 0.3) is 0 Å². The fraction of sp³-hybridized carbons (Fsp3) is 0.538. The Morgan fingerprint density at radius 3 is 2.24 bits per heavy atom. The second-order valence-corrected chi connectivity index (χ2v) is 11.0. The summed E-state index contributed by atoms with van der Waals surface area (Å²) in [5.41, 5.74) is 12.4. The number of carbonyl (C=O) groups is 2. The summed E-state index contributed by atoms with van der Waals surface area (Å²) in [7, 11) is 0. The monoisotopic (exact) mass is 508 g/mol. The number of benzene rings is 1. The first kappa shape index (κ1) is 25.4. The minimum absolute atomic E-state index is 0.140. The molecule has 1 aromatic heterocycles. The Kier molecular flexibility index (Phi) is 6.78. The van der Waals surface area contributed by atoms with E-state index in [4.69, 9.17) is 11.5 Å². The van der Waals surface area contributed by atoms with Gasteiger partial charge in [0.2, 0.25) is 5.91 Å². The molecular weight excluding hydrogens is 472 g/mol. The first-order chi connectivity index (χ1) is 17.6. The van der Waals surface area contributed by atoms with Gasteiger partial charge in [0, 0.05) is 58.1 Å². The summed E-state index contributed by atoms with van der Waals surface area (Å²) < 4.78 is 1.45. The van der Waals surface area contributed by atoms with E-state index >= 15 is 0 Å². The lowest BCUT2D eigenvalue weighted by molar-refractivity contribution is -0.137. The highest BCUT2D eigenvalue weighted by atomic mass is 16.2. The van der Waals surface area contributed by atoms with Crippen molar-refractivity contribution >= 4 is 17.8 Å². The average molecular weight is 509 g/mol. The fourth-order valence-corrected chi connectivity index (χ4v) is 5.33. The molecule has 37 heavy (non-hydrogen) atoms. The van der Waals surface area contributed by atoms with Crippen LogP contribution in [0.3, 0.4) is 0 Å². The Bertz CT molecular complexity index is 1200. The molecule has 5 rings (SSSR count). The minimum atomic E-state index is -0.943. The van der Waals surface area contributed by atoms with Gasteiger partial charge < -0.3 is 26.2 Å². The van der Waals surface area contributed by atoms with Gasteiger partial charge in [-0.05, 0) is 55.9 Å². The van der Waals surface area contributed by atoms with Gasteiger partial charge in [-0.25, -0.2) is 9.59 Å². The molecule has 3 amide bonds. The number of urea groups is 1. The lowest BCUT2D eigenvalue weighted by Crippen LogP contribution is -2.58. The van der Waals surface area contributed by atoms with Crippen LogP contribution in [0.25, 0.3) is 5.69 Å². The Balaban J connectivity index is 1.13. The number of likely N-dealkylation sites (tertiary alicyclic amines) is 1. The van der Waals surface area contributed by atoms with Crippen molar-refractivity contribution in [3.8, 4) is 5.69 Å². The maximum atomic E-state index is 12.7. The summed E-state index contributed by atoms with van der Waals surface area (Å²) in [5, 5.41) is 2.69. The number of fused-ring (bicyclic) bond motifs is 1. The molecule has 2 saturated heterocycles. The van der Waals surface area contributed by atoms with E-state index in [1.165, 1.54) is 10.1 Å². The molecule has 1 aliphatic carbocycles. The highest BCUT2D eigenvalue weighted by Crippen LogP contribution is 2.43. The summed E-state index contributed by atoms with van der Waals surface area (Å²) in [4.78, 5) is 47.4.